The minimum absolute atomic E-state index is 0.115. The van der Waals surface area contributed by atoms with Crippen molar-refractivity contribution in [2.24, 2.45) is 128 Å². The highest BCUT2D eigenvalue weighted by molar-refractivity contribution is 9.09. The summed E-state index contributed by atoms with van der Waals surface area (Å²) in [5.74, 6) is 13.2. The Labute approximate surface area is 616 Å². The van der Waals surface area contributed by atoms with Crippen LogP contribution < -0.4 is 0 Å². The molecule has 0 unspecified atom stereocenters. The Kier molecular flexibility index (Phi) is 20.1. The highest BCUT2D eigenvalue weighted by Crippen LogP contribution is 2.68. The average Bonchev–Trinajstić information content (AvgIpc) is 1.49. The Morgan fingerprint density at radius 1 is 0.470 bits per heavy atom. The first-order valence-corrected chi connectivity index (χ1v) is 41.4. The SMILES string of the molecule is C[C@@]1(O)CC[C@H]2[C@H](CC[C@@H]3[C@@H]2CC[C@]2(C)[C@@H](C(=O)CBr)CC[C@@H]32)C1.C[C@@]1(O)CC[C@H]2[C@H](CC[C@@H]3[C@@H]2CC[C@]2(C)[C@@H](C(=O)Cn4cc5ncc(Cl)cc5n4)CC[C@@H]32)C1.C[C@@]1(O)CC[C@H]2[C@H](CC[C@@H]3[C@@H]2CC[C@]2(C)[C@@H](C(=O)Cn4ncc5ncc(Cl)cc54)CC[C@@H]32)C1.Clc1cnc2c(c1)CN=C2. The van der Waals surface area contributed by atoms with E-state index in [2.05, 4.69) is 66.8 Å². The predicted molar refractivity (Wildman–Crippen MR) is 398 cm³/mol. The second-order valence-electron chi connectivity index (χ2n) is 36.5. The summed E-state index contributed by atoms with van der Waals surface area (Å²) in [6.45, 7) is 14.7. The molecule has 0 saturated heterocycles. The Bertz CT molecular complexity index is 3900. The third-order valence-electron chi connectivity index (χ3n) is 30.9. The van der Waals surface area contributed by atoms with Crippen LogP contribution in [0.25, 0.3) is 22.1 Å². The number of aromatic nitrogens is 7. The lowest BCUT2D eigenvalue weighted by Gasteiger charge is -2.56. The van der Waals surface area contributed by atoms with E-state index in [0.717, 1.165) is 163 Å². The molecule has 100 heavy (non-hydrogen) atoms. The van der Waals surface area contributed by atoms with Crippen molar-refractivity contribution in [2.45, 2.75) is 251 Å². The summed E-state index contributed by atoms with van der Waals surface area (Å²) in [7, 11) is 0. The molecular formula is C82H110BrCl3N8O6. The lowest BCUT2D eigenvalue weighted by Crippen LogP contribution is -2.51. The lowest BCUT2D eigenvalue weighted by atomic mass is 9.49. The van der Waals surface area contributed by atoms with Crippen molar-refractivity contribution >= 4 is 96.4 Å². The first-order chi connectivity index (χ1) is 47.7. The van der Waals surface area contributed by atoms with Gasteiger partial charge < -0.3 is 15.3 Å². The number of alkyl halides is 1. The predicted octanol–water partition coefficient (Wildman–Crippen LogP) is 18.0. The van der Waals surface area contributed by atoms with Gasteiger partial charge >= 0.3 is 0 Å². The number of aliphatic imine (C=N–C) groups is 1. The van der Waals surface area contributed by atoms with Crippen molar-refractivity contribution in [3.05, 3.63) is 75.5 Å². The summed E-state index contributed by atoms with van der Waals surface area (Å²) in [6, 6.07) is 5.56. The summed E-state index contributed by atoms with van der Waals surface area (Å²) < 4.78 is 3.55. The Morgan fingerprint density at radius 3 is 1.39 bits per heavy atom. The smallest absolute Gasteiger partial charge is 0.157 e. The van der Waals surface area contributed by atoms with Crippen molar-refractivity contribution in [2.75, 3.05) is 5.33 Å². The molecule has 0 amide bonds. The van der Waals surface area contributed by atoms with Crippen LogP contribution >= 0.6 is 50.7 Å². The van der Waals surface area contributed by atoms with Gasteiger partial charge in [0.25, 0.3) is 0 Å². The maximum atomic E-state index is 13.6. The van der Waals surface area contributed by atoms with E-state index in [-0.39, 0.29) is 28.1 Å². The van der Waals surface area contributed by atoms with Gasteiger partial charge in [0, 0.05) is 48.1 Å². The fourth-order valence-electron chi connectivity index (χ4n) is 26.5. The quantitative estimate of drug-likeness (QED) is 0.125. The number of fused-ring (bicyclic) bond motifs is 18. The van der Waals surface area contributed by atoms with Crippen LogP contribution in [-0.2, 0) is 34.0 Å². The van der Waals surface area contributed by atoms with Crippen LogP contribution in [0.3, 0.4) is 0 Å². The lowest BCUT2D eigenvalue weighted by molar-refractivity contribution is -0.133. The third kappa shape index (κ3) is 13.6. The Balaban J connectivity index is 0.000000115. The molecule has 3 N–H and O–H groups in total. The summed E-state index contributed by atoms with van der Waals surface area (Å²) in [6.07, 6.45) is 41.8. The third-order valence-corrected chi connectivity index (χ3v) is 32.1. The van der Waals surface area contributed by atoms with E-state index in [4.69, 9.17) is 34.8 Å². The molecule has 0 radical (unpaired) electrons. The van der Waals surface area contributed by atoms with Gasteiger partial charge in [0.05, 0.1) is 73.9 Å². The highest BCUT2D eigenvalue weighted by Gasteiger charge is 2.62. The molecule has 14 nitrogen and oxygen atoms in total. The summed E-state index contributed by atoms with van der Waals surface area (Å²) >= 11 is 21.3. The maximum Gasteiger partial charge on any atom is 0.157 e. The number of carbonyl (C=O) groups is 3. The number of pyridine rings is 3. The van der Waals surface area contributed by atoms with Crippen LogP contribution in [0.5, 0.6) is 0 Å². The molecule has 13 aliphatic rings. The van der Waals surface area contributed by atoms with Crippen LogP contribution in [0.4, 0.5) is 0 Å². The molecule has 0 aromatic carbocycles. The zero-order chi connectivity index (χ0) is 70.0. The number of hydrogen-bond donors (Lipinski definition) is 3. The van der Waals surface area contributed by atoms with E-state index >= 15 is 0 Å². The van der Waals surface area contributed by atoms with Gasteiger partial charge in [-0.05, 0) is 317 Å². The monoisotopic (exact) mass is 1490 g/mol. The molecule has 18 rings (SSSR count). The molecule has 542 valence electrons. The molecule has 0 spiro atoms. The topological polar surface area (TPSA) is 199 Å². The minimum Gasteiger partial charge on any atom is -0.390 e. The van der Waals surface area contributed by atoms with Gasteiger partial charge in [-0.1, -0.05) is 71.5 Å². The number of nitrogens with zero attached hydrogens (tertiary/aromatic N) is 8. The summed E-state index contributed by atoms with van der Waals surface area (Å²) in [4.78, 5) is 56.4. The molecule has 5 aromatic heterocycles. The normalized spacial score (nSPS) is 42.4. The number of hydrogen-bond acceptors (Lipinski definition) is 12. The van der Waals surface area contributed by atoms with E-state index in [1.54, 1.807) is 46.4 Å². The van der Waals surface area contributed by atoms with Crippen molar-refractivity contribution in [1.29, 1.82) is 0 Å². The van der Waals surface area contributed by atoms with Crippen LogP contribution in [0, 0.1) is 123 Å². The zero-order valence-electron chi connectivity index (χ0n) is 60.2. The maximum absolute atomic E-state index is 13.6. The number of ketones is 3. The Hall–Kier alpha value is -3.70. The standard InChI is InChI=1S/2C27H36ClN3O2.C21H33BrO2.C7H5ClN2/c1-26(33)9-7-18-16(12-26)3-4-20-19(18)8-10-27(2)21(20)5-6-22(27)25(32)15-31-24-11-17(28)13-29-23(24)14-30-31;1-26(33)9-7-18-16(12-26)3-4-20-19(18)8-10-27(2)21(20)5-6-22(27)25(32)15-31-14-24-23(30-31)11-17(28)13-29-24;1-20(24)9-7-14-13(11-20)3-4-16-15(14)8-10-21(2)17(16)5-6-18(21)19(23)12-22;8-6-1-5-2-9-4-7(5)10-3-6/h2*11,13-14,16,18-22,33H,3-10,12,15H2,1-2H3;13-18,24H,3-12H2,1-2H3;1,3-4H,2H2/t2*16-,18+,19-,20-,21+,22-,26-,27+;13-,14+,15-,16-,17+,18-,20-,21+;/m111./s1. The highest BCUT2D eigenvalue weighted by atomic mass is 79.9. The summed E-state index contributed by atoms with van der Waals surface area (Å²) in [5.41, 5.74) is 4.38. The van der Waals surface area contributed by atoms with Crippen molar-refractivity contribution in [1.82, 2.24) is 34.5 Å². The summed E-state index contributed by atoms with van der Waals surface area (Å²) in [5, 5.41) is 43.1. The first-order valence-electron chi connectivity index (χ1n) is 39.1. The minimum atomic E-state index is -0.460. The molecular weight excluding hydrogens is 1380 g/mol. The average molecular weight is 1490 g/mol. The molecule has 12 saturated carbocycles. The number of halogens is 4. The van der Waals surface area contributed by atoms with Crippen molar-refractivity contribution in [3.8, 4) is 0 Å². The van der Waals surface area contributed by atoms with E-state index in [1.165, 1.54) is 116 Å². The van der Waals surface area contributed by atoms with Gasteiger partial charge in [0.2, 0.25) is 0 Å². The van der Waals surface area contributed by atoms with Crippen LogP contribution in [0.15, 0.2) is 54.2 Å². The second-order valence-corrected chi connectivity index (χ2v) is 38.4. The fraction of sp³-hybridized carbons (Fsp3) is 0.744. The van der Waals surface area contributed by atoms with Gasteiger partial charge in [-0.25, -0.2) is 0 Å². The number of carbonyl (C=O) groups excluding carboxylic acids is 3. The molecule has 12 aliphatic carbocycles. The fourth-order valence-corrected chi connectivity index (χ4v) is 27.4. The van der Waals surface area contributed by atoms with Crippen LogP contribution in [0.1, 0.15) is 226 Å². The molecule has 0 bridgehead atoms. The molecule has 6 heterocycles. The van der Waals surface area contributed by atoms with E-state index in [1.807, 2.05) is 39.1 Å². The number of rotatable bonds is 8. The molecule has 5 aromatic rings. The van der Waals surface area contributed by atoms with Crippen LogP contribution in [-0.4, -0.2) is 95.5 Å². The molecule has 18 heteroatoms. The largest absolute Gasteiger partial charge is 0.390 e. The number of aliphatic hydroxyl groups is 3. The molecule has 12 fully saturated rings. The van der Waals surface area contributed by atoms with Gasteiger partial charge in [-0.3, -0.25) is 43.7 Å². The molecule has 24 atom stereocenters. The van der Waals surface area contributed by atoms with Crippen LogP contribution in [0.2, 0.25) is 15.1 Å². The van der Waals surface area contributed by atoms with Gasteiger partial charge in [-0.2, -0.15) is 10.2 Å². The van der Waals surface area contributed by atoms with E-state index < -0.39 is 16.8 Å². The zero-order valence-corrected chi connectivity index (χ0v) is 64.0. The second kappa shape index (κ2) is 27.9. The van der Waals surface area contributed by atoms with Gasteiger partial charge in [0.1, 0.15) is 28.9 Å². The van der Waals surface area contributed by atoms with Gasteiger partial charge in [-0.15, -0.1) is 0 Å². The van der Waals surface area contributed by atoms with Crippen molar-refractivity contribution < 1.29 is 29.7 Å². The molecule has 1 aliphatic heterocycles. The van der Waals surface area contributed by atoms with E-state index in [9.17, 15) is 29.7 Å². The van der Waals surface area contributed by atoms with Crippen molar-refractivity contribution in [3.63, 3.8) is 0 Å². The first kappa shape index (κ1) is 71.9. The van der Waals surface area contributed by atoms with Gasteiger partial charge in [0.15, 0.2) is 11.6 Å². The number of Topliss-reactive ketones (excluding diaryl/α,β-unsaturated/α-hetero) is 3. The Morgan fingerprint density at radius 2 is 0.900 bits per heavy atom. The van der Waals surface area contributed by atoms with E-state index in [0.29, 0.717) is 80.4 Å².